The molecule has 17 heavy (non-hydrogen) atoms. The van der Waals surface area contributed by atoms with E-state index in [-0.39, 0.29) is 12.2 Å². The van der Waals surface area contributed by atoms with E-state index in [9.17, 15) is 0 Å². The number of rotatable bonds is 5. The van der Waals surface area contributed by atoms with E-state index in [4.69, 9.17) is 26.8 Å². The summed E-state index contributed by atoms with van der Waals surface area (Å²) in [7, 11) is 1.56. The van der Waals surface area contributed by atoms with Gasteiger partial charge in [-0.3, -0.25) is 0 Å². The van der Waals surface area contributed by atoms with Crippen molar-refractivity contribution < 1.29 is 9.47 Å². The molecule has 2 N–H and O–H groups in total. The summed E-state index contributed by atoms with van der Waals surface area (Å²) in [6.45, 7) is 6.57. The Kier molecular flexibility index (Phi) is 4.66. The van der Waals surface area contributed by atoms with Crippen molar-refractivity contribution in [2.24, 2.45) is 0 Å². The maximum atomic E-state index is 6.27. The van der Waals surface area contributed by atoms with Gasteiger partial charge in [-0.05, 0) is 23.5 Å². The predicted octanol–water partition coefficient (Wildman–Crippen LogP) is 3.59. The fourth-order valence-electron chi connectivity index (χ4n) is 1.53. The van der Waals surface area contributed by atoms with Crippen LogP contribution in [0.5, 0.6) is 5.75 Å². The lowest BCUT2D eigenvalue weighted by molar-refractivity contribution is 0.0516. The third-order valence-corrected chi connectivity index (χ3v) is 3.36. The van der Waals surface area contributed by atoms with Gasteiger partial charge < -0.3 is 15.2 Å². The summed E-state index contributed by atoms with van der Waals surface area (Å²) in [4.78, 5) is 0. The number of anilines is 1. The smallest absolute Gasteiger partial charge is 0.188 e. The quantitative estimate of drug-likeness (QED) is 0.648. The zero-order valence-electron chi connectivity index (χ0n) is 10.8. The van der Waals surface area contributed by atoms with Gasteiger partial charge in [-0.15, -0.1) is 0 Å². The second-order valence-corrected chi connectivity index (χ2v) is 5.07. The highest BCUT2D eigenvalue weighted by atomic mass is 35.5. The van der Waals surface area contributed by atoms with Crippen LogP contribution in [-0.2, 0) is 10.2 Å². The molecule has 0 fully saturated rings. The lowest BCUT2D eigenvalue weighted by Gasteiger charge is -2.25. The van der Waals surface area contributed by atoms with Crippen molar-refractivity contribution in [3.8, 4) is 5.75 Å². The topological polar surface area (TPSA) is 44.5 Å². The number of hydrogen-bond acceptors (Lipinski definition) is 3. The first-order valence-corrected chi connectivity index (χ1v) is 6.01. The van der Waals surface area contributed by atoms with Gasteiger partial charge in [0.1, 0.15) is 5.75 Å². The number of nitrogens with two attached hydrogens (primary N) is 1. The molecule has 1 aromatic carbocycles. The zero-order chi connectivity index (χ0) is 13.1. The first-order valence-electron chi connectivity index (χ1n) is 5.63. The Morgan fingerprint density at radius 2 is 2.00 bits per heavy atom. The van der Waals surface area contributed by atoms with Crippen LogP contribution in [0.1, 0.15) is 32.8 Å². The Bertz CT molecular complexity index is 391. The number of methoxy groups -OCH3 is 1. The molecule has 4 heteroatoms. The summed E-state index contributed by atoms with van der Waals surface area (Å²) in [5, 5.41) is 0.678. The minimum Gasteiger partial charge on any atom is -0.465 e. The SMILES string of the molecule is CCC(C)(C)c1cc(N)c(OCOC)cc1Cl. The van der Waals surface area contributed by atoms with E-state index in [1.807, 2.05) is 6.07 Å². The number of nitrogen functional groups attached to an aromatic ring is 1. The predicted molar refractivity (Wildman–Crippen MR) is 71.7 cm³/mol. The normalized spacial score (nSPS) is 11.6. The van der Waals surface area contributed by atoms with E-state index in [0.29, 0.717) is 16.5 Å². The van der Waals surface area contributed by atoms with Crippen LogP contribution in [0.25, 0.3) is 0 Å². The second kappa shape index (κ2) is 5.61. The molecule has 0 aliphatic heterocycles. The molecule has 0 aromatic heterocycles. The molecule has 1 aromatic rings. The van der Waals surface area contributed by atoms with Gasteiger partial charge in [0.25, 0.3) is 0 Å². The average Bonchev–Trinajstić information content (AvgIpc) is 2.29. The van der Waals surface area contributed by atoms with Crippen molar-refractivity contribution >= 4 is 17.3 Å². The van der Waals surface area contributed by atoms with Crippen LogP contribution in [0.15, 0.2) is 12.1 Å². The fraction of sp³-hybridized carbons (Fsp3) is 0.538. The highest BCUT2D eigenvalue weighted by Gasteiger charge is 2.22. The summed E-state index contributed by atoms with van der Waals surface area (Å²) in [5.41, 5.74) is 7.58. The third-order valence-electron chi connectivity index (χ3n) is 3.04. The van der Waals surface area contributed by atoms with Crippen molar-refractivity contribution in [3.05, 3.63) is 22.7 Å². The van der Waals surface area contributed by atoms with Gasteiger partial charge in [-0.2, -0.15) is 0 Å². The molecule has 0 radical (unpaired) electrons. The molecule has 0 aliphatic carbocycles. The van der Waals surface area contributed by atoms with Gasteiger partial charge in [0.15, 0.2) is 6.79 Å². The first kappa shape index (κ1) is 14.1. The molecular weight excluding hydrogens is 238 g/mol. The lowest BCUT2D eigenvalue weighted by Crippen LogP contribution is -2.16. The summed E-state index contributed by atoms with van der Waals surface area (Å²) in [5.74, 6) is 0.563. The largest absolute Gasteiger partial charge is 0.465 e. The van der Waals surface area contributed by atoms with Gasteiger partial charge >= 0.3 is 0 Å². The third kappa shape index (κ3) is 3.27. The minimum atomic E-state index is 0.00495. The summed E-state index contributed by atoms with van der Waals surface area (Å²) >= 11 is 6.27. The van der Waals surface area contributed by atoms with Crippen molar-refractivity contribution in [3.63, 3.8) is 0 Å². The molecule has 0 unspecified atom stereocenters. The van der Waals surface area contributed by atoms with Crippen molar-refractivity contribution in [2.45, 2.75) is 32.6 Å². The first-order chi connectivity index (χ1) is 7.92. The van der Waals surface area contributed by atoms with Gasteiger partial charge in [0.2, 0.25) is 0 Å². The summed E-state index contributed by atoms with van der Waals surface area (Å²) in [6.07, 6.45) is 0.991. The van der Waals surface area contributed by atoms with Gasteiger partial charge in [-0.1, -0.05) is 32.4 Å². The van der Waals surface area contributed by atoms with Crippen LogP contribution in [0.4, 0.5) is 5.69 Å². The van der Waals surface area contributed by atoms with Gasteiger partial charge in [-0.25, -0.2) is 0 Å². The van der Waals surface area contributed by atoms with Crippen LogP contribution < -0.4 is 10.5 Å². The van der Waals surface area contributed by atoms with Crippen LogP contribution in [0, 0.1) is 0 Å². The van der Waals surface area contributed by atoms with Crippen LogP contribution in [-0.4, -0.2) is 13.9 Å². The Labute approximate surface area is 108 Å². The highest BCUT2D eigenvalue weighted by molar-refractivity contribution is 6.31. The Balaban J connectivity index is 3.09. The van der Waals surface area contributed by atoms with E-state index in [1.165, 1.54) is 0 Å². The molecule has 0 saturated carbocycles. The maximum Gasteiger partial charge on any atom is 0.188 e. The van der Waals surface area contributed by atoms with Gasteiger partial charge in [0, 0.05) is 18.2 Å². The average molecular weight is 258 g/mol. The summed E-state index contributed by atoms with van der Waals surface area (Å²) < 4.78 is 10.2. The number of benzene rings is 1. The molecule has 1 rings (SSSR count). The molecule has 3 nitrogen and oxygen atoms in total. The molecule has 96 valence electrons. The number of halogens is 1. The van der Waals surface area contributed by atoms with E-state index in [1.54, 1.807) is 13.2 Å². The van der Waals surface area contributed by atoms with Crippen molar-refractivity contribution in [1.29, 1.82) is 0 Å². The monoisotopic (exact) mass is 257 g/mol. The Hall–Kier alpha value is -0.930. The molecule has 0 saturated heterocycles. The lowest BCUT2D eigenvalue weighted by atomic mass is 9.82. The van der Waals surface area contributed by atoms with Crippen LogP contribution in [0.2, 0.25) is 5.02 Å². The fourth-order valence-corrected chi connectivity index (χ4v) is 1.94. The Morgan fingerprint density at radius 3 is 2.53 bits per heavy atom. The molecule has 0 aliphatic rings. The zero-order valence-corrected chi connectivity index (χ0v) is 11.6. The Morgan fingerprint density at radius 1 is 1.35 bits per heavy atom. The van der Waals surface area contributed by atoms with Crippen molar-refractivity contribution in [1.82, 2.24) is 0 Å². The van der Waals surface area contributed by atoms with Crippen LogP contribution in [0.3, 0.4) is 0 Å². The highest BCUT2D eigenvalue weighted by Crippen LogP contribution is 2.37. The summed E-state index contributed by atoms with van der Waals surface area (Å²) in [6, 6.07) is 3.64. The molecule has 0 bridgehead atoms. The molecule has 0 amide bonds. The standard InChI is InChI=1S/C13H20ClNO2/c1-5-13(2,3)9-6-11(15)12(7-10(9)14)17-8-16-4/h6-7H,5,8,15H2,1-4H3. The van der Waals surface area contributed by atoms with Crippen LogP contribution >= 0.6 is 11.6 Å². The van der Waals surface area contributed by atoms with E-state index < -0.39 is 0 Å². The number of hydrogen-bond donors (Lipinski definition) is 1. The molecule has 0 atom stereocenters. The van der Waals surface area contributed by atoms with E-state index in [2.05, 4.69) is 20.8 Å². The molecule has 0 spiro atoms. The number of ether oxygens (including phenoxy) is 2. The molecule has 0 heterocycles. The van der Waals surface area contributed by atoms with E-state index in [0.717, 1.165) is 12.0 Å². The van der Waals surface area contributed by atoms with Crippen molar-refractivity contribution in [2.75, 3.05) is 19.6 Å². The minimum absolute atomic E-state index is 0.00495. The maximum absolute atomic E-state index is 6.27. The van der Waals surface area contributed by atoms with Gasteiger partial charge in [0.05, 0.1) is 5.69 Å². The molecular formula is C13H20ClNO2. The second-order valence-electron chi connectivity index (χ2n) is 4.66. The van der Waals surface area contributed by atoms with E-state index >= 15 is 0 Å².